The van der Waals surface area contributed by atoms with E-state index in [9.17, 15) is 18.4 Å². The van der Waals surface area contributed by atoms with E-state index in [1.54, 1.807) is 4.90 Å². The van der Waals surface area contributed by atoms with Gasteiger partial charge in [0.05, 0.1) is 10.6 Å². The number of nitrogens with zero attached hydrogens (tertiary/aromatic N) is 2. The SMILES string of the molecule is O=C(Nc1nc2c(F)cc(F)cc2s1)C1CCCN(C(=O)C2CC2)C1. The lowest BCUT2D eigenvalue weighted by Gasteiger charge is -2.32. The molecule has 2 heterocycles. The summed E-state index contributed by atoms with van der Waals surface area (Å²) < 4.78 is 27.3. The molecule has 4 rings (SSSR count). The smallest absolute Gasteiger partial charge is 0.231 e. The lowest BCUT2D eigenvalue weighted by atomic mass is 9.97. The van der Waals surface area contributed by atoms with Crippen molar-refractivity contribution < 1.29 is 18.4 Å². The first-order chi connectivity index (χ1) is 12.0. The maximum absolute atomic E-state index is 13.7. The molecule has 0 bridgehead atoms. The Morgan fingerprint density at radius 1 is 1.20 bits per heavy atom. The first-order valence-electron chi connectivity index (χ1n) is 8.36. The average molecular weight is 365 g/mol. The second-order valence-corrected chi connectivity index (χ2v) is 7.67. The van der Waals surface area contributed by atoms with Crippen LogP contribution in [0.1, 0.15) is 25.7 Å². The van der Waals surface area contributed by atoms with E-state index < -0.39 is 11.6 Å². The first-order valence-corrected chi connectivity index (χ1v) is 9.18. The summed E-state index contributed by atoms with van der Waals surface area (Å²) in [6, 6.07) is 1.97. The third-order valence-corrected chi connectivity index (χ3v) is 5.59. The number of carbonyl (C=O) groups is 2. The number of aromatic nitrogens is 1. The molecule has 1 saturated heterocycles. The number of fused-ring (bicyclic) bond motifs is 1. The predicted molar refractivity (Wildman–Crippen MR) is 90.2 cm³/mol. The van der Waals surface area contributed by atoms with Gasteiger partial charge in [-0.1, -0.05) is 11.3 Å². The van der Waals surface area contributed by atoms with E-state index in [1.165, 1.54) is 6.07 Å². The lowest BCUT2D eigenvalue weighted by molar-refractivity contribution is -0.135. The summed E-state index contributed by atoms with van der Waals surface area (Å²) in [5.74, 6) is -1.66. The zero-order valence-electron chi connectivity index (χ0n) is 13.4. The molecule has 2 fully saturated rings. The largest absolute Gasteiger partial charge is 0.342 e. The Hall–Kier alpha value is -2.09. The summed E-state index contributed by atoms with van der Waals surface area (Å²) >= 11 is 1.04. The highest BCUT2D eigenvalue weighted by molar-refractivity contribution is 7.22. The quantitative estimate of drug-likeness (QED) is 0.909. The highest BCUT2D eigenvalue weighted by atomic mass is 32.1. The molecule has 132 valence electrons. The molecule has 1 aromatic carbocycles. The molecule has 1 N–H and O–H groups in total. The number of rotatable bonds is 3. The van der Waals surface area contributed by atoms with Gasteiger partial charge in [0, 0.05) is 25.1 Å². The second-order valence-electron chi connectivity index (χ2n) is 6.64. The molecule has 0 spiro atoms. The number of anilines is 1. The number of likely N-dealkylation sites (tertiary alicyclic amines) is 1. The maximum atomic E-state index is 13.7. The van der Waals surface area contributed by atoms with Crippen molar-refractivity contribution in [1.29, 1.82) is 0 Å². The summed E-state index contributed by atoms with van der Waals surface area (Å²) in [4.78, 5) is 30.5. The number of hydrogen-bond donors (Lipinski definition) is 1. The average Bonchev–Trinajstić information content (AvgIpc) is 3.35. The number of nitrogens with one attached hydrogen (secondary N) is 1. The number of amides is 2. The number of carbonyl (C=O) groups excluding carboxylic acids is 2. The van der Waals surface area contributed by atoms with Crippen LogP contribution in [-0.4, -0.2) is 34.8 Å². The lowest BCUT2D eigenvalue weighted by Crippen LogP contribution is -2.44. The number of thiazole rings is 1. The molecule has 1 unspecified atom stereocenters. The highest BCUT2D eigenvalue weighted by Crippen LogP contribution is 2.33. The van der Waals surface area contributed by atoms with E-state index >= 15 is 0 Å². The Morgan fingerprint density at radius 3 is 2.76 bits per heavy atom. The zero-order chi connectivity index (χ0) is 17.6. The predicted octanol–water partition coefficient (Wildman–Crippen LogP) is 3.16. The number of benzene rings is 1. The molecule has 25 heavy (non-hydrogen) atoms. The Kier molecular flexibility index (Phi) is 4.15. The van der Waals surface area contributed by atoms with Crippen LogP contribution in [0.2, 0.25) is 0 Å². The topological polar surface area (TPSA) is 62.3 Å². The molecule has 2 amide bonds. The van der Waals surface area contributed by atoms with E-state index in [1.807, 2.05) is 0 Å². The number of piperidine rings is 1. The third-order valence-electron chi connectivity index (χ3n) is 4.67. The van der Waals surface area contributed by atoms with Gasteiger partial charge in [-0.15, -0.1) is 0 Å². The van der Waals surface area contributed by atoms with Crippen molar-refractivity contribution in [3.63, 3.8) is 0 Å². The fraction of sp³-hybridized carbons (Fsp3) is 0.471. The van der Waals surface area contributed by atoms with E-state index in [0.717, 1.165) is 36.7 Å². The van der Waals surface area contributed by atoms with Crippen LogP contribution in [0.15, 0.2) is 12.1 Å². The molecule has 2 aliphatic rings. The molecule has 8 heteroatoms. The van der Waals surface area contributed by atoms with Gasteiger partial charge in [0.2, 0.25) is 11.8 Å². The van der Waals surface area contributed by atoms with Gasteiger partial charge in [0.15, 0.2) is 10.9 Å². The summed E-state index contributed by atoms with van der Waals surface area (Å²) in [5.41, 5.74) is 0.0517. The van der Waals surface area contributed by atoms with Crippen LogP contribution in [0, 0.1) is 23.5 Å². The van der Waals surface area contributed by atoms with Crippen molar-refractivity contribution >= 4 is 38.5 Å². The van der Waals surface area contributed by atoms with Gasteiger partial charge in [0.25, 0.3) is 0 Å². The Bertz CT molecular complexity index is 850. The van der Waals surface area contributed by atoms with Crippen LogP contribution in [0.3, 0.4) is 0 Å². The van der Waals surface area contributed by atoms with Gasteiger partial charge < -0.3 is 10.2 Å². The van der Waals surface area contributed by atoms with E-state index in [2.05, 4.69) is 10.3 Å². The van der Waals surface area contributed by atoms with Gasteiger partial charge in [-0.2, -0.15) is 0 Å². The Labute approximate surface area is 147 Å². The molecule has 1 aromatic heterocycles. The van der Waals surface area contributed by atoms with Crippen LogP contribution in [0.5, 0.6) is 0 Å². The second kappa shape index (κ2) is 6.33. The summed E-state index contributed by atoms with van der Waals surface area (Å²) in [6.45, 7) is 1.11. The molecule has 2 aromatic rings. The zero-order valence-corrected chi connectivity index (χ0v) is 14.2. The Balaban J connectivity index is 1.46. The van der Waals surface area contributed by atoms with Crippen molar-refractivity contribution in [2.75, 3.05) is 18.4 Å². The molecular formula is C17H17F2N3O2S. The minimum atomic E-state index is -0.745. The molecule has 1 aliphatic heterocycles. The standard InChI is InChI=1S/C17H17F2N3O2S/c18-11-6-12(19)14-13(7-11)25-17(20-14)21-15(23)10-2-1-5-22(8-10)16(24)9-3-4-9/h6-7,9-10H,1-5,8H2,(H,20,21,23). The van der Waals surface area contributed by atoms with E-state index in [0.29, 0.717) is 24.2 Å². The Morgan fingerprint density at radius 2 is 2.00 bits per heavy atom. The summed E-state index contributed by atoms with van der Waals surface area (Å²) in [6.07, 6.45) is 3.38. The van der Waals surface area contributed by atoms with E-state index in [-0.39, 0.29) is 34.3 Å². The summed E-state index contributed by atoms with van der Waals surface area (Å²) in [5, 5.41) is 2.94. The number of halogens is 2. The van der Waals surface area contributed by atoms with Crippen molar-refractivity contribution in [3.8, 4) is 0 Å². The molecule has 1 saturated carbocycles. The van der Waals surface area contributed by atoms with Crippen LogP contribution in [-0.2, 0) is 9.59 Å². The van der Waals surface area contributed by atoms with E-state index in [4.69, 9.17) is 0 Å². The van der Waals surface area contributed by atoms with Gasteiger partial charge >= 0.3 is 0 Å². The fourth-order valence-corrected chi connectivity index (χ4v) is 4.11. The minimum absolute atomic E-state index is 0.0517. The molecule has 5 nitrogen and oxygen atoms in total. The van der Waals surface area contributed by atoms with Crippen LogP contribution < -0.4 is 5.32 Å². The number of hydrogen-bond acceptors (Lipinski definition) is 4. The van der Waals surface area contributed by atoms with Crippen molar-refractivity contribution in [3.05, 3.63) is 23.8 Å². The fourth-order valence-electron chi connectivity index (χ4n) is 3.20. The van der Waals surface area contributed by atoms with Crippen LogP contribution >= 0.6 is 11.3 Å². The van der Waals surface area contributed by atoms with Crippen molar-refractivity contribution in [2.45, 2.75) is 25.7 Å². The molecular weight excluding hydrogens is 348 g/mol. The monoisotopic (exact) mass is 365 g/mol. The normalized spacial score (nSPS) is 20.7. The van der Waals surface area contributed by atoms with Crippen molar-refractivity contribution in [2.24, 2.45) is 11.8 Å². The van der Waals surface area contributed by atoms with Gasteiger partial charge in [0.1, 0.15) is 11.3 Å². The van der Waals surface area contributed by atoms with Gasteiger partial charge in [-0.05, 0) is 31.7 Å². The minimum Gasteiger partial charge on any atom is -0.342 e. The third kappa shape index (κ3) is 3.35. The molecule has 1 atom stereocenters. The molecule has 0 radical (unpaired) electrons. The van der Waals surface area contributed by atoms with Gasteiger partial charge in [-0.3, -0.25) is 9.59 Å². The van der Waals surface area contributed by atoms with Crippen LogP contribution in [0.4, 0.5) is 13.9 Å². The highest BCUT2D eigenvalue weighted by Gasteiger charge is 2.36. The van der Waals surface area contributed by atoms with Gasteiger partial charge in [-0.25, -0.2) is 13.8 Å². The summed E-state index contributed by atoms with van der Waals surface area (Å²) in [7, 11) is 0. The van der Waals surface area contributed by atoms with Crippen LogP contribution in [0.25, 0.3) is 10.2 Å². The maximum Gasteiger partial charge on any atom is 0.231 e. The van der Waals surface area contributed by atoms with Crippen molar-refractivity contribution in [1.82, 2.24) is 9.88 Å². The molecule has 1 aliphatic carbocycles. The first kappa shape index (κ1) is 16.4.